The molecule has 2 rings (SSSR count). The third kappa shape index (κ3) is 5.54. The Bertz CT molecular complexity index is 671. The molecule has 0 unspecified atom stereocenters. The summed E-state index contributed by atoms with van der Waals surface area (Å²) in [6.45, 7) is 9.89. The molecule has 0 aliphatic carbocycles. The van der Waals surface area contributed by atoms with Crippen LogP contribution in [0.5, 0.6) is 0 Å². The molecule has 0 radical (unpaired) electrons. The fourth-order valence-corrected chi connectivity index (χ4v) is 8.18. The first-order chi connectivity index (χ1) is 13.0. The lowest BCUT2D eigenvalue weighted by molar-refractivity contribution is 0.304. The maximum absolute atomic E-state index is 6.86. The van der Waals surface area contributed by atoms with Gasteiger partial charge in [-0.1, -0.05) is 113 Å². The molecule has 0 bridgehead atoms. The molecule has 1 nitrogen and oxygen atoms in total. The highest BCUT2D eigenvalue weighted by atomic mass is 28.4. The van der Waals surface area contributed by atoms with Crippen LogP contribution in [0.15, 0.2) is 85.0 Å². The monoisotopic (exact) mass is 378 g/mol. The standard InChI is InChI=1S/C25H34OSi/c1-5-6-7-8-9-10-17-22-26-27(25(2,3)4,23-18-13-11-14-19-23)24-20-15-12-16-21-24/h6-7,9-16,18-21H,5,8,17,22H2,1-4H3/b7-6-,10-9-. The topological polar surface area (TPSA) is 9.23 Å². The van der Waals surface area contributed by atoms with Crippen molar-refractivity contribution < 1.29 is 4.43 Å². The van der Waals surface area contributed by atoms with Gasteiger partial charge in [-0.2, -0.15) is 0 Å². The third-order valence-electron chi connectivity index (χ3n) is 4.86. The normalized spacial score (nSPS) is 12.9. The van der Waals surface area contributed by atoms with Crippen molar-refractivity contribution in [2.24, 2.45) is 0 Å². The zero-order chi connectivity index (χ0) is 19.6. The summed E-state index contributed by atoms with van der Waals surface area (Å²) in [7, 11) is -2.38. The Morgan fingerprint density at radius 2 is 1.30 bits per heavy atom. The van der Waals surface area contributed by atoms with Gasteiger partial charge >= 0.3 is 0 Å². The van der Waals surface area contributed by atoms with Crippen molar-refractivity contribution in [3.05, 3.63) is 85.0 Å². The van der Waals surface area contributed by atoms with Gasteiger partial charge in [0, 0.05) is 6.61 Å². The van der Waals surface area contributed by atoms with E-state index >= 15 is 0 Å². The minimum absolute atomic E-state index is 0.0449. The molecule has 2 heteroatoms. The SMILES string of the molecule is CC/C=C\C/C=C\CCO[Si](c1ccccc1)(c1ccccc1)C(C)(C)C. The summed E-state index contributed by atoms with van der Waals surface area (Å²) in [4.78, 5) is 0. The van der Waals surface area contributed by atoms with Gasteiger partial charge in [0.1, 0.15) is 0 Å². The average Bonchev–Trinajstić information content (AvgIpc) is 2.67. The number of allylic oxidation sites excluding steroid dienone is 3. The van der Waals surface area contributed by atoms with E-state index in [0.717, 1.165) is 25.9 Å². The predicted octanol–water partition coefficient (Wildman–Crippen LogP) is 5.87. The fraction of sp³-hybridized carbons (Fsp3) is 0.360. The van der Waals surface area contributed by atoms with E-state index < -0.39 is 8.32 Å². The van der Waals surface area contributed by atoms with Gasteiger partial charge < -0.3 is 4.43 Å². The number of hydrogen-bond acceptors (Lipinski definition) is 1. The Kier molecular flexibility index (Phi) is 8.27. The highest BCUT2D eigenvalue weighted by molar-refractivity contribution is 6.99. The van der Waals surface area contributed by atoms with Crippen molar-refractivity contribution >= 4 is 18.7 Å². The molecule has 0 saturated heterocycles. The molecule has 0 saturated carbocycles. The summed E-state index contributed by atoms with van der Waals surface area (Å²) in [6.07, 6.45) is 12.0. The molecule has 0 fully saturated rings. The van der Waals surface area contributed by atoms with Crippen LogP contribution < -0.4 is 10.4 Å². The van der Waals surface area contributed by atoms with Crippen LogP contribution in [0.2, 0.25) is 5.04 Å². The van der Waals surface area contributed by atoms with E-state index in [4.69, 9.17) is 4.43 Å². The molecule has 0 aliphatic rings. The molecule has 2 aromatic carbocycles. The quantitative estimate of drug-likeness (QED) is 0.301. The summed E-state index contributed by atoms with van der Waals surface area (Å²) in [5.41, 5.74) is 0. The third-order valence-corrected chi connectivity index (χ3v) is 9.90. The van der Waals surface area contributed by atoms with E-state index in [1.807, 2.05) is 0 Å². The maximum Gasteiger partial charge on any atom is 0.261 e. The Hall–Kier alpha value is -1.90. The van der Waals surface area contributed by atoms with Gasteiger partial charge in [0.25, 0.3) is 8.32 Å². The van der Waals surface area contributed by atoms with Crippen molar-refractivity contribution in [1.29, 1.82) is 0 Å². The maximum atomic E-state index is 6.86. The van der Waals surface area contributed by atoms with Crippen molar-refractivity contribution in [2.45, 2.75) is 52.0 Å². The van der Waals surface area contributed by atoms with Crippen LogP contribution in [-0.4, -0.2) is 14.9 Å². The smallest absolute Gasteiger partial charge is 0.261 e. The van der Waals surface area contributed by atoms with Crippen molar-refractivity contribution in [3.63, 3.8) is 0 Å². The van der Waals surface area contributed by atoms with Gasteiger partial charge in [0.05, 0.1) is 0 Å². The minimum Gasteiger partial charge on any atom is -0.407 e. The molecule has 27 heavy (non-hydrogen) atoms. The molecule has 0 amide bonds. The highest BCUT2D eigenvalue weighted by Gasteiger charge is 2.49. The van der Waals surface area contributed by atoms with E-state index in [1.54, 1.807) is 0 Å². The summed E-state index contributed by atoms with van der Waals surface area (Å²) in [5, 5.41) is 2.74. The fourth-order valence-electron chi connectivity index (χ4n) is 3.60. The first-order valence-corrected chi connectivity index (χ1v) is 12.0. The summed E-state index contributed by atoms with van der Waals surface area (Å²) >= 11 is 0. The van der Waals surface area contributed by atoms with Gasteiger partial charge in [-0.15, -0.1) is 0 Å². The zero-order valence-electron chi connectivity index (χ0n) is 17.3. The molecule has 144 valence electrons. The Balaban J connectivity index is 2.26. The molecule has 0 N–H and O–H groups in total. The van der Waals surface area contributed by atoms with Crippen LogP contribution in [-0.2, 0) is 4.43 Å². The van der Waals surface area contributed by atoms with Crippen molar-refractivity contribution in [3.8, 4) is 0 Å². The van der Waals surface area contributed by atoms with Gasteiger partial charge in [0.2, 0.25) is 0 Å². The van der Waals surface area contributed by atoms with E-state index in [2.05, 4.69) is 113 Å². The first-order valence-electron chi connectivity index (χ1n) is 10.1. The Morgan fingerprint density at radius 3 is 1.78 bits per heavy atom. The van der Waals surface area contributed by atoms with Crippen LogP contribution in [0.25, 0.3) is 0 Å². The second kappa shape index (κ2) is 10.4. The van der Waals surface area contributed by atoms with Crippen LogP contribution in [0.3, 0.4) is 0 Å². The summed E-state index contributed by atoms with van der Waals surface area (Å²) in [5.74, 6) is 0. The Morgan fingerprint density at radius 1 is 0.778 bits per heavy atom. The van der Waals surface area contributed by atoms with Gasteiger partial charge in [-0.05, 0) is 34.7 Å². The molecule has 0 atom stereocenters. The molecule has 0 aromatic heterocycles. The van der Waals surface area contributed by atoms with E-state index in [1.165, 1.54) is 10.4 Å². The van der Waals surface area contributed by atoms with Crippen molar-refractivity contribution in [2.75, 3.05) is 6.61 Å². The molecular weight excluding hydrogens is 344 g/mol. The lowest BCUT2D eigenvalue weighted by atomic mass is 10.2. The number of hydrogen-bond donors (Lipinski definition) is 0. The molecule has 0 heterocycles. The van der Waals surface area contributed by atoms with Crippen LogP contribution in [0, 0.1) is 0 Å². The largest absolute Gasteiger partial charge is 0.407 e. The van der Waals surface area contributed by atoms with Gasteiger partial charge in [0.15, 0.2) is 0 Å². The lowest BCUT2D eigenvalue weighted by Gasteiger charge is -2.43. The highest BCUT2D eigenvalue weighted by Crippen LogP contribution is 2.36. The minimum atomic E-state index is -2.38. The molecule has 0 aliphatic heterocycles. The zero-order valence-corrected chi connectivity index (χ0v) is 18.3. The van der Waals surface area contributed by atoms with Gasteiger partial charge in [-0.3, -0.25) is 0 Å². The van der Waals surface area contributed by atoms with Crippen molar-refractivity contribution in [1.82, 2.24) is 0 Å². The van der Waals surface area contributed by atoms with E-state index in [9.17, 15) is 0 Å². The Labute approximate surface area is 166 Å². The second-order valence-corrected chi connectivity index (χ2v) is 12.2. The summed E-state index contributed by atoms with van der Waals surface area (Å²) < 4.78 is 6.86. The number of rotatable bonds is 9. The molecule has 2 aromatic rings. The average molecular weight is 379 g/mol. The van der Waals surface area contributed by atoms with Crippen LogP contribution in [0.4, 0.5) is 0 Å². The van der Waals surface area contributed by atoms with Crippen LogP contribution >= 0.6 is 0 Å². The van der Waals surface area contributed by atoms with E-state index in [0.29, 0.717) is 0 Å². The predicted molar refractivity (Wildman–Crippen MR) is 121 cm³/mol. The van der Waals surface area contributed by atoms with Crippen LogP contribution in [0.1, 0.15) is 47.0 Å². The first kappa shape index (κ1) is 21.4. The molecular formula is C25H34OSi. The summed E-state index contributed by atoms with van der Waals surface area (Å²) in [6, 6.07) is 21.7. The van der Waals surface area contributed by atoms with Gasteiger partial charge in [-0.25, -0.2) is 0 Å². The lowest BCUT2D eigenvalue weighted by Crippen LogP contribution is -2.66. The van der Waals surface area contributed by atoms with E-state index in [-0.39, 0.29) is 5.04 Å². The number of benzene rings is 2. The second-order valence-electron chi connectivity index (χ2n) is 7.89. The molecule has 0 spiro atoms.